The summed E-state index contributed by atoms with van der Waals surface area (Å²) in [6.07, 6.45) is 8.32. The molecule has 0 aliphatic heterocycles. The predicted molar refractivity (Wildman–Crippen MR) is 79.4 cm³/mol. The van der Waals surface area contributed by atoms with Crippen LogP contribution in [0, 0.1) is 17.8 Å². The lowest BCUT2D eigenvalue weighted by atomic mass is 9.78. The summed E-state index contributed by atoms with van der Waals surface area (Å²) in [6.45, 7) is 11.8. The molecule has 0 spiro atoms. The Balaban J connectivity index is 4.02. The average Bonchev–Trinajstić information content (AvgIpc) is 2.25. The third-order valence-corrected chi connectivity index (χ3v) is 3.99. The minimum atomic E-state index is 0.705. The van der Waals surface area contributed by atoms with E-state index in [0.717, 1.165) is 17.8 Å². The van der Waals surface area contributed by atoms with E-state index in [4.69, 9.17) is 0 Å². The quantitative estimate of drug-likeness (QED) is 0.538. The first kappa shape index (κ1) is 17.0. The van der Waals surface area contributed by atoms with Crippen molar-refractivity contribution in [2.75, 3.05) is 7.05 Å². The van der Waals surface area contributed by atoms with Gasteiger partial charge in [-0.25, -0.2) is 0 Å². The molecule has 0 saturated carbocycles. The summed E-state index contributed by atoms with van der Waals surface area (Å²) in [5, 5.41) is 3.56. The molecule has 0 aliphatic carbocycles. The normalized spacial score (nSPS) is 13.9. The number of unbranched alkanes of at least 4 members (excludes halogenated alkanes) is 4. The average molecular weight is 241 g/mol. The van der Waals surface area contributed by atoms with E-state index >= 15 is 0 Å². The summed E-state index contributed by atoms with van der Waals surface area (Å²) in [4.78, 5) is 0. The Labute approximate surface area is 110 Å². The molecule has 1 N–H and O–H groups in total. The SMILES string of the molecule is CCCCCCCC(NC)C(C(C)C)C(C)C. The van der Waals surface area contributed by atoms with Crippen LogP contribution in [0.4, 0.5) is 0 Å². The zero-order chi connectivity index (χ0) is 13.3. The smallest absolute Gasteiger partial charge is 0.00972 e. The van der Waals surface area contributed by atoms with Crippen LogP contribution in [0.25, 0.3) is 0 Å². The van der Waals surface area contributed by atoms with Gasteiger partial charge >= 0.3 is 0 Å². The van der Waals surface area contributed by atoms with Gasteiger partial charge in [0.05, 0.1) is 0 Å². The van der Waals surface area contributed by atoms with Gasteiger partial charge in [0.1, 0.15) is 0 Å². The molecular weight excluding hydrogens is 206 g/mol. The Morgan fingerprint density at radius 2 is 1.35 bits per heavy atom. The standard InChI is InChI=1S/C16H35N/c1-7-8-9-10-11-12-15(17-6)16(13(2)3)14(4)5/h13-17H,7-12H2,1-6H3. The largest absolute Gasteiger partial charge is 0.317 e. The van der Waals surface area contributed by atoms with Crippen LogP contribution in [0.5, 0.6) is 0 Å². The number of hydrogen-bond acceptors (Lipinski definition) is 1. The van der Waals surface area contributed by atoms with Crippen molar-refractivity contribution in [3.63, 3.8) is 0 Å². The van der Waals surface area contributed by atoms with E-state index in [9.17, 15) is 0 Å². The molecule has 17 heavy (non-hydrogen) atoms. The van der Waals surface area contributed by atoms with Crippen molar-refractivity contribution in [3.05, 3.63) is 0 Å². The van der Waals surface area contributed by atoms with Crippen LogP contribution < -0.4 is 5.32 Å². The highest BCUT2D eigenvalue weighted by atomic mass is 14.9. The molecular formula is C16H35N. The molecule has 0 aromatic rings. The molecule has 0 heterocycles. The summed E-state index contributed by atoms with van der Waals surface area (Å²) in [5.41, 5.74) is 0. The second-order valence-corrected chi connectivity index (χ2v) is 6.16. The zero-order valence-corrected chi connectivity index (χ0v) is 13.1. The molecule has 0 saturated heterocycles. The third kappa shape index (κ3) is 7.08. The first-order valence-corrected chi connectivity index (χ1v) is 7.71. The Hall–Kier alpha value is -0.0400. The van der Waals surface area contributed by atoms with Crippen LogP contribution in [0.1, 0.15) is 73.1 Å². The van der Waals surface area contributed by atoms with Crippen molar-refractivity contribution in [2.24, 2.45) is 17.8 Å². The highest BCUT2D eigenvalue weighted by Crippen LogP contribution is 2.27. The lowest BCUT2D eigenvalue weighted by Gasteiger charge is -2.33. The van der Waals surface area contributed by atoms with Gasteiger partial charge in [0.15, 0.2) is 0 Å². The predicted octanol–water partition coefficient (Wildman–Crippen LogP) is 4.86. The van der Waals surface area contributed by atoms with Crippen molar-refractivity contribution >= 4 is 0 Å². The molecule has 0 aromatic heterocycles. The van der Waals surface area contributed by atoms with Crippen molar-refractivity contribution in [3.8, 4) is 0 Å². The van der Waals surface area contributed by atoms with E-state index in [1.807, 2.05) is 0 Å². The summed E-state index contributed by atoms with van der Waals surface area (Å²) in [5.74, 6) is 2.37. The molecule has 0 bridgehead atoms. The van der Waals surface area contributed by atoms with Gasteiger partial charge in [0.2, 0.25) is 0 Å². The fraction of sp³-hybridized carbons (Fsp3) is 1.00. The van der Waals surface area contributed by atoms with Gasteiger partial charge in [-0.2, -0.15) is 0 Å². The van der Waals surface area contributed by atoms with E-state index < -0.39 is 0 Å². The van der Waals surface area contributed by atoms with Crippen LogP contribution in [-0.2, 0) is 0 Å². The summed E-state index contributed by atoms with van der Waals surface area (Å²) in [7, 11) is 2.13. The highest BCUT2D eigenvalue weighted by molar-refractivity contribution is 4.80. The van der Waals surface area contributed by atoms with Crippen LogP contribution >= 0.6 is 0 Å². The topological polar surface area (TPSA) is 12.0 Å². The Morgan fingerprint density at radius 3 is 1.76 bits per heavy atom. The van der Waals surface area contributed by atoms with Gasteiger partial charge in [-0.3, -0.25) is 0 Å². The molecule has 0 aliphatic rings. The molecule has 0 rings (SSSR count). The van der Waals surface area contributed by atoms with Crippen LogP contribution in [0.2, 0.25) is 0 Å². The molecule has 1 heteroatoms. The number of rotatable bonds is 10. The van der Waals surface area contributed by atoms with Crippen molar-refractivity contribution in [1.82, 2.24) is 5.32 Å². The van der Waals surface area contributed by atoms with Gasteiger partial charge < -0.3 is 5.32 Å². The molecule has 0 radical (unpaired) electrons. The Kier molecular flexibility index (Phi) is 9.91. The monoisotopic (exact) mass is 241 g/mol. The second-order valence-electron chi connectivity index (χ2n) is 6.16. The highest BCUT2D eigenvalue weighted by Gasteiger charge is 2.25. The molecule has 0 aromatic carbocycles. The summed E-state index contributed by atoms with van der Waals surface area (Å²) >= 11 is 0. The maximum atomic E-state index is 3.56. The van der Waals surface area contributed by atoms with Crippen molar-refractivity contribution < 1.29 is 0 Å². The van der Waals surface area contributed by atoms with E-state index in [1.165, 1.54) is 38.5 Å². The number of hydrogen-bond donors (Lipinski definition) is 1. The van der Waals surface area contributed by atoms with Crippen LogP contribution in [-0.4, -0.2) is 13.1 Å². The molecule has 0 amide bonds. The Bertz CT molecular complexity index is 155. The van der Waals surface area contributed by atoms with Crippen LogP contribution in [0.15, 0.2) is 0 Å². The molecule has 1 nitrogen and oxygen atoms in total. The lowest BCUT2D eigenvalue weighted by molar-refractivity contribution is 0.204. The molecule has 1 unspecified atom stereocenters. The van der Waals surface area contributed by atoms with E-state index in [2.05, 4.69) is 47.0 Å². The lowest BCUT2D eigenvalue weighted by Crippen LogP contribution is -2.39. The van der Waals surface area contributed by atoms with Gasteiger partial charge in [-0.05, 0) is 31.2 Å². The summed E-state index contributed by atoms with van der Waals surface area (Å²) < 4.78 is 0. The van der Waals surface area contributed by atoms with Gasteiger partial charge in [0.25, 0.3) is 0 Å². The maximum absolute atomic E-state index is 3.56. The first-order chi connectivity index (χ1) is 8.04. The van der Waals surface area contributed by atoms with Crippen LogP contribution in [0.3, 0.4) is 0 Å². The Morgan fingerprint density at radius 1 is 0.824 bits per heavy atom. The summed E-state index contributed by atoms with van der Waals surface area (Å²) in [6, 6.07) is 0.705. The number of nitrogens with one attached hydrogen (secondary N) is 1. The fourth-order valence-electron chi connectivity index (χ4n) is 3.20. The van der Waals surface area contributed by atoms with E-state index in [-0.39, 0.29) is 0 Å². The third-order valence-electron chi connectivity index (χ3n) is 3.99. The van der Waals surface area contributed by atoms with Gasteiger partial charge in [0, 0.05) is 6.04 Å². The van der Waals surface area contributed by atoms with E-state index in [0.29, 0.717) is 6.04 Å². The zero-order valence-electron chi connectivity index (χ0n) is 13.1. The minimum Gasteiger partial charge on any atom is -0.317 e. The van der Waals surface area contributed by atoms with Crippen molar-refractivity contribution in [2.45, 2.75) is 79.2 Å². The van der Waals surface area contributed by atoms with Gasteiger partial charge in [-0.15, -0.1) is 0 Å². The maximum Gasteiger partial charge on any atom is 0.00972 e. The first-order valence-electron chi connectivity index (χ1n) is 7.71. The molecule has 0 fully saturated rings. The van der Waals surface area contributed by atoms with Crippen molar-refractivity contribution in [1.29, 1.82) is 0 Å². The fourth-order valence-corrected chi connectivity index (χ4v) is 3.20. The van der Waals surface area contributed by atoms with Gasteiger partial charge in [-0.1, -0.05) is 66.7 Å². The molecule has 1 atom stereocenters. The second kappa shape index (κ2) is 9.94. The molecule has 104 valence electrons. The minimum absolute atomic E-state index is 0.705. The van der Waals surface area contributed by atoms with E-state index in [1.54, 1.807) is 0 Å².